The molecule has 4 nitrogen and oxygen atoms in total. The molecule has 0 aromatic carbocycles. The monoisotopic (exact) mass is 187 g/mol. The molecule has 0 aromatic rings. The minimum absolute atomic E-state index is 0.0346. The summed E-state index contributed by atoms with van der Waals surface area (Å²) >= 11 is 0. The van der Waals surface area contributed by atoms with Gasteiger partial charge in [-0.2, -0.15) is 5.26 Å². The van der Waals surface area contributed by atoms with Gasteiger partial charge in [0, 0.05) is 17.8 Å². The molecular weight excluding hydrogens is 178 g/mol. The van der Waals surface area contributed by atoms with Crippen LogP contribution in [0.25, 0.3) is 0 Å². The van der Waals surface area contributed by atoms with E-state index in [4.69, 9.17) is 5.26 Å². The number of hydrogen-bond donors (Lipinski definition) is 1. The van der Waals surface area contributed by atoms with Crippen LogP contribution in [0.15, 0.2) is 28.9 Å². The highest BCUT2D eigenvalue weighted by Crippen LogP contribution is 2.20. The molecule has 0 bridgehead atoms. The van der Waals surface area contributed by atoms with Crippen LogP contribution in [0.4, 0.5) is 0 Å². The van der Waals surface area contributed by atoms with Gasteiger partial charge in [0.1, 0.15) is 11.6 Å². The molecule has 1 N–H and O–H groups in total. The number of aliphatic imine (C=N–C) groups is 1. The molecule has 2 heterocycles. The van der Waals surface area contributed by atoms with Gasteiger partial charge in [-0.15, -0.1) is 0 Å². The molecule has 2 atom stereocenters. The molecule has 1 amide bonds. The first-order valence-electron chi connectivity index (χ1n) is 4.36. The van der Waals surface area contributed by atoms with Crippen LogP contribution in [-0.2, 0) is 4.79 Å². The summed E-state index contributed by atoms with van der Waals surface area (Å²) < 4.78 is 0. The Morgan fingerprint density at radius 2 is 2.43 bits per heavy atom. The molecule has 2 rings (SSSR count). The van der Waals surface area contributed by atoms with Gasteiger partial charge in [0.05, 0.1) is 6.04 Å². The first-order valence-corrected chi connectivity index (χ1v) is 4.36. The zero-order valence-electron chi connectivity index (χ0n) is 7.69. The van der Waals surface area contributed by atoms with Gasteiger partial charge in [-0.05, 0) is 19.1 Å². The summed E-state index contributed by atoms with van der Waals surface area (Å²) in [6.45, 7) is 1.89. The Labute approximate surface area is 81.6 Å². The van der Waals surface area contributed by atoms with Crippen molar-refractivity contribution in [2.75, 3.05) is 0 Å². The summed E-state index contributed by atoms with van der Waals surface area (Å²) in [7, 11) is 0. The molecule has 4 heteroatoms. The topological polar surface area (TPSA) is 65.2 Å². The maximum atomic E-state index is 11.3. The van der Waals surface area contributed by atoms with Gasteiger partial charge in [0.25, 0.3) is 5.91 Å². The Balaban J connectivity index is 2.40. The largest absolute Gasteiger partial charge is 0.344 e. The predicted octanol–water partition coefficient (Wildman–Crippen LogP) is 0.539. The maximum Gasteiger partial charge on any atom is 0.262 e. The van der Waals surface area contributed by atoms with Crippen molar-refractivity contribution in [2.24, 2.45) is 10.9 Å². The summed E-state index contributed by atoms with van der Waals surface area (Å²) in [6, 6.07) is 1.83. The second-order valence-corrected chi connectivity index (χ2v) is 3.33. The highest BCUT2D eigenvalue weighted by molar-refractivity contribution is 6.01. The fraction of sp³-hybridized carbons (Fsp3) is 0.300. The van der Waals surface area contributed by atoms with Crippen molar-refractivity contribution in [1.29, 1.82) is 5.26 Å². The lowest BCUT2D eigenvalue weighted by atomic mass is 9.88. The normalized spacial score (nSPS) is 29.6. The number of hydrogen-bond acceptors (Lipinski definition) is 3. The van der Waals surface area contributed by atoms with E-state index in [1.165, 1.54) is 0 Å². The number of fused-ring (bicyclic) bond motifs is 1. The van der Waals surface area contributed by atoms with Crippen molar-refractivity contribution in [3.8, 4) is 6.07 Å². The lowest BCUT2D eigenvalue weighted by Crippen LogP contribution is -2.46. The van der Waals surface area contributed by atoms with E-state index in [2.05, 4.69) is 10.3 Å². The van der Waals surface area contributed by atoms with Crippen LogP contribution in [0.2, 0.25) is 0 Å². The van der Waals surface area contributed by atoms with Crippen molar-refractivity contribution >= 4 is 11.6 Å². The van der Waals surface area contributed by atoms with Crippen LogP contribution in [0.1, 0.15) is 6.92 Å². The number of carbonyl (C=O) groups is 1. The second kappa shape index (κ2) is 3.11. The van der Waals surface area contributed by atoms with Crippen LogP contribution >= 0.6 is 0 Å². The molecule has 0 aliphatic carbocycles. The van der Waals surface area contributed by atoms with Gasteiger partial charge in [0.2, 0.25) is 0 Å². The smallest absolute Gasteiger partial charge is 0.262 e. The Morgan fingerprint density at radius 1 is 1.64 bits per heavy atom. The van der Waals surface area contributed by atoms with Crippen molar-refractivity contribution in [2.45, 2.75) is 13.0 Å². The van der Waals surface area contributed by atoms with E-state index >= 15 is 0 Å². The molecule has 0 saturated heterocycles. The van der Waals surface area contributed by atoms with Crippen molar-refractivity contribution < 1.29 is 4.79 Å². The Hall–Kier alpha value is -1.89. The van der Waals surface area contributed by atoms with Crippen molar-refractivity contribution in [3.05, 3.63) is 23.9 Å². The molecule has 2 aliphatic heterocycles. The summed E-state index contributed by atoms with van der Waals surface area (Å²) in [5, 5.41) is 11.5. The quantitative estimate of drug-likeness (QED) is 0.601. The lowest BCUT2D eigenvalue weighted by molar-refractivity contribution is -0.118. The van der Waals surface area contributed by atoms with Gasteiger partial charge in [-0.25, -0.2) is 0 Å². The van der Waals surface area contributed by atoms with Gasteiger partial charge in [0.15, 0.2) is 0 Å². The summed E-state index contributed by atoms with van der Waals surface area (Å²) in [6.07, 6.45) is 5.20. The number of rotatable bonds is 0. The van der Waals surface area contributed by atoms with Gasteiger partial charge in [-0.1, -0.05) is 0 Å². The third kappa shape index (κ3) is 1.23. The average molecular weight is 187 g/mol. The average Bonchev–Trinajstić information content (AvgIpc) is 2.17. The first-order chi connectivity index (χ1) is 6.72. The third-order valence-electron chi connectivity index (χ3n) is 2.45. The SMILES string of the molecule is CC1=NC=CC2NC(=O)C(C#N)=CC12. The molecule has 2 unspecified atom stereocenters. The van der Waals surface area contributed by atoms with E-state index < -0.39 is 0 Å². The Bertz CT molecular complexity index is 412. The molecule has 0 aromatic heterocycles. The first kappa shape index (κ1) is 8.70. The zero-order valence-corrected chi connectivity index (χ0v) is 7.69. The fourth-order valence-electron chi connectivity index (χ4n) is 1.65. The number of nitriles is 1. The Kier molecular flexibility index (Phi) is 1.93. The summed E-state index contributed by atoms with van der Waals surface area (Å²) in [5.74, 6) is -0.263. The summed E-state index contributed by atoms with van der Waals surface area (Å²) in [4.78, 5) is 15.5. The van der Waals surface area contributed by atoms with Crippen molar-refractivity contribution in [3.63, 3.8) is 0 Å². The minimum Gasteiger partial charge on any atom is -0.344 e. The van der Waals surface area contributed by atoms with E-state index in [1.807, 2.05) is 19.1 Å². The van der Waals surface area contributed by atoms with Crippen LogP contribution < -0.4 is 5.32 Å². The van der Waals surface area contributed by atoms with Gasteiger partial charge < -0.3 is 5.32 Å². The van der Waals surface area contributed by atoms with Gasteiger partial charge in [-0.3, -0.25) is 9.79 Å². The Morgan fingerprint density at radius 3 is 3.14 bits per heavy atom. The van der Waals surface area contributed by atoms with Crippen LogP contribution in [0.5, 0.6) is 0 Å². The molecule has 0 radical (unpaired) electrons. The van der Waals surface area contributed by atoms with Gasteiger partial charge >= 0.3 is 0 Å². The van der Waals surface area contributed by atoms with Crippen LogP contribution in [0, 0.1) is 17.2 Å². The molecule has 0 saturated carbocycles. The summed E-state index contributed by atoms with van der Waals surface area (Å²) in [5.41, 5.74) is 1.10. The van der Waals surface area contributed by atoms with Crippen LogP contribution in [-0.4, -0.2) is 17.7 Å². The predicted molar refractivity (Wildman–Crippen MR) is 51.4 cm³/mol. The molecule has 14 heavy (non-hydrogen) atoms. The molecule has 0 spiro atoms. The highest BCUT2D eigenvalue weighted by Gasteiger charge is 2.30. The van der Waals surface area contributed by atoms with E-state index in [-0.39, 0.29) is 23.4 Å². The lowest BCUT2D eigenvalue weighted by Gasteiger charge is -2.28. The fourth-order valence-corrected chi connectivity index (χ4v) is 1.65. The third-order valence-corrected chi connectivity index (χ3v) is 2.45. The van der Waals surface area contributed by atoms with E-state index in [9.17, 15) is 4.79 Å². The molecule has 2 aliphatic rings. The van der Waals surface area contributed by atoms with E-state index in [0.717, 1.165) is 5.71 Å². The van der Waals surface area contributed by atoms with Crippen LogP contribution in [0.3, 0.4) is 0 Å². The molecule has 0 fully saturated rings. The number of amides is 1. The van der Waals surface area contributed by atoms with Crippen molar-refractivity contribution in [1.82, 2.24) is 5.32 Å². The second-order valence-electron chi connectivity index (χ2n) is 3.33. The molecule has 70 valence electrons. The highest BCUT2D eigenvalue weighted by atomic mass is 16.1. The van der Waals surface area contributed by atoms with E-state index in [1.54, 1.807) is 12.3 Å². The minimum atomic E-state index is -0.298. The number of nitrogens with zero attached hydrogens (tertiary/aromatic N) is 2. The molecular formula is C10H9N3O. The van der Waals surface area contributed by atoms with E-state index in [0.29, 0.717) is 0 Å². The number of nitrogens with one attached hydrogen (secondary N) is 1. The maximum absolute atomic E-state index is 11.3. The standard InChI is InChI=1S/C10H9N3O/c1-6-8-4-7(5-11)10(14)13-9(8)2-3-12-6/h2-4,8-9H,1H3,(H,13,14). The zero-order chi connectivity index (χ0) is 10.1. The number of carbonyl (C=O) groups excluding carboxylic acids is 1.